The van der Waals surface area contributed by atoms with Crippen LogP contribution < -0.4 is 20.5 Å². The fourth-order valence-electron chi connectivity index (χ4n) is 6.90. The number of anilines is 2. The smallest absolute Gasteiger partial charge is 0.443 e. The summed E-state index contributed by atoms with van der Waals surface area (Å²) in [7, 11) is 1.98. The maximum Gasteiger partial charge on any atom is 0.573 e. The summed E-state index contributed by atoms with van der Waals surface area (Å²) in [5.41, 5.74) is -1.82. The number of carbonyl (C=O) groups excluding carboxylic acids is 2. The van der Waals surface area contributed by atoms with Gasteiger partial charge in [0.15, 0.2) is 5.75 Å². The molecule has 0 unspecified atom stereocenters. The van der Waals surface area contributed by atoms with E-state index >= 15 is 4.39 Å². The summed E-state index contributed by atoms with van der Waals surface area (Å²) in [6.07, 6.45) is -1.52. The predicted octanol–water partition coefficient (Wildman–Crippen LogP) is 4.98. The number of piperazine rings is 2. The first-order valence-corrected chi connectivity index (χ1v) is 17.2. The second-order valence-corrected chi connectivity index (χ2v) is 14.1. The van der Waals surface area contributed by atoms with Crippen LogP contribution in [0, 0.1) is 5.82 Å². The Hall–Kier alpha value is -4.44. The minimum absolute atomic E-state index is 0.0488. The third-order valence-electron chi connectivity index (χ3n) is 9.89. The molecule has 51 heavy (non-hydrogen) atoms. The standard InChI is InChI=1S/C35H43F4N7O5/c1-5-8-33(2,3)51-32(49)44-15-13-43(14-16-44)28-21-26-24(20-25(28)36)30(47)46(22-40-26)23-6-7-29(50-35(37,38)39)27(19-23)41-31(48)34(9-10-34)45-17-11-42(4)12-18-45/h6-7,19-22H,5,8-18H2,1-4H3,(H,41,48). The number of alkyl halides is 3. The molecule has 3 aromatic rings. The van der Waals surface area contributed by atoms with Gasteiger partial charge in [-0.25, -0.2) is 14.2 Å². The number of fused-ring (bicyclic) bond motifs is 1. The third kappa shape index (κ3) is 7.91. The summed E-state index contributed by atoms with van der Waals surface area (Å²) in [4.78, 5) is 51.9. The molecule has 1 aromatic heterocycles. The Morgan fingerprint density at radius 2 is 1.67 bits per heavy atom. The minimum atomic E-state index is -5.03. The van der Waals surface area contributed by atoms with Crippen LogP contribution in [0.5, 0.6) is 5.75 Å². The number of hydrogen-bond donors (Lipinski definition) is 1. The van der Waals surface area contributed by atoms with Gasteiger partial charge in [-0.1, -0.05) is 13.3 Å². The summed E-state index contributed by atoms with van der Waals surface area (Å²) < 4.78 is 66.7. The summed E-state index contributed by atoms with van der Waals surface area (Å²) in [6, 6.07) is 6.02. The number of amides is 2. The van der Waals surface area contributed by atoms with Crippen LogP contribution in [0.2, 0.25) is 0 Å². The highest BCUT2D eigenvalue weighted by atomic mass is 19.4. The van der Waals surface area contributed by atoms with Crippen LogP contribution in [0.15, 0.2) is 41.5 Å². The number of rotatable bonds is 9. The Morgan fingerprint density at radius 3 is 2.29 bits per heavy atom. The van der Waals surface area contributed by atoms with Crippen molar-refractivity contribution in [3.63, 3.8) is 0 Å². The molecule has 2 saturated heterocycles. The molecule has 0 atom stereocenters. The zero-order valence-electron chi connectivity index (χ0n) is 29.2. The maximum atomic E-state index is 15.6. The van der Waals surface area contributed by atoms with Crippen molar-refractivity contribution in [2.24, 2.45) is 0 Å². The fourth-order valence-corrected chi connectivity index (χ4v) is 6.90. The van der Waals surface area contributed by atoms with E-state index in [0.717, 1.165) is 42.6 Å². The molecule has 12 nitrogen and oxygen atoms in total. The van der Waals surface area contributed by atoms with E-state index in [-0.39, 0.29) is 28.0 Å². The first-order chi connectivity index (χ1) is 24.1. The molecule has 1 N–H and O–H groups in total. The Kier molecular flexibility index (Phi) is 9.94. The summed E-state index contributed by atoms with van der Waals surface area (Å²) >= 11 is 0. The number of halogens is 4. The van der Waals surface area contributed by atoms with Gasteiger partial charge < -0.3 is 29.5 Å². The molecule has 3 heterocycles. The van der Waals surface area contributed by atoms with Crippen molar-refractivity contribution in [3.05, 3.63) is 52.8 Å². The van der Waals surface area contributed by atoms with Crippen molar-refractivity contribution < 1.29 is 36.6 Å². The lowest BCUT2D eigenvalue weighted by atomic mass is 10.0. The largest absolute Gasteiger partial charge is 0.573 e. The quantitative estimate of drug-likeness (QED) is 0.307. The van der Waals surface area contributed by atoms with Crippen molar-refractivity contribution in [2.75, 3.05) is 69.6 Å². The van der Waals surface area contributed by atoms with Crippen LogP contribution in [0.3, 0.4) is 0 Å². The molecule has 1 saturated carbocycles. The average molecular weight is 718 g/mol. The molecule has 0 radical (unpaired) electrons. The monoisotopic (exact) mass is 717 g/mol. The highest BCUT2D eigenvalue weighted by Gasteiger charge is 2.55. The second-order valence-electron chi connectivity index (χ2n) is 14.1. The SMILES string of the molecule is CCCC(C)(C)OC(=O)N1CCN(c2cc3ncn(-c4ccc(OC(F)(F)F)c(NC(=O)C5(N6CCN(C)CC6)CC5)c4)c(=O)c3cc2F)CC1. The molecule has 0 bridgehead atoms. The average Bonchev–Trinajstić information content (AvgIpc) is 3.88. The van der Waals surface area contributed by atoms with Crippen LogP contribution in [0.1, 0.15) is 46.5 Å². The predicted molar refractivity (Wildman–Crippen MR) is 183 cm³/mol. The number of benzene rings is 2. The van der Waals surface area contributed by atoms with E-state index in [2.05, 4.69) is 24.8 Å². The van der Waals surface area contributed by atoms with Gasteiger partial charge in [-0.3, -0.25) is 19.1 Å². The van der Waals surface area contributed by atoms with Crippen molar-refractivity contribution in [1.82, 2.24) is 24.3 Å². The fraction of sp³-hybridized carbons (Fsp3) is 0.543. The molecule has 3 aliphatic rings. The van der Waals surface area contributed by atoms with E-state index in [0.29, 0.717) is 52.1 Å². The second kappa shape index (κ2) is 13.9. The topological polar surface area (TPSA) is 112 Å². The number of nitrogens with one attached hydrogen (secondary N) is 1. The number of aromatic nitrogens is 2. The van der Waals surface area contributed by atoms with Crippen LogP contribution in [0.4, 0.5) is 33.7 Å². The van der Waals surface area contributed by atoms with Gasteiger partial charge >= 0.3 is 12.5 Å². The van der Waals surface area contributed by atoms with Crippen molar-refractivity contribution in [1.29, 1.82) is 0 Å². The molecule has 2 amide bonds. The third-order valence-corrected chi connectivity index (χ3v) is 9.89. The molecule has 3 fully saturated rings. The minimum Gasteiger partial charge on any atom is -0.443 e. The molecule has 2 aliphatic heterocycles. The lowest BCUT2D eigenvalue weighted by Gasteiger charge is -2.37. The van der Waals surface area contributed by atoms with Gasteiger partial charge in [-0.15, -0.1) is 13.2 Å². The number of likely N-dealkylation sites (N-methyl/N-ethyl adjacent to an activating group) is 1. The first-order valence-electron chi connectivity index (χ1n) is 17.2. The van der Waals surface area contributed by atoms with E-state index in [4.69, 9.17) is 4.74 Å². The molecule has 6 rings (SSSR count). The molecule has 276 valence electrons. The van der Waals surface area contributed by atoms with E-state index < -0.39 is 46.6 Å². The van der Waals surface area contributed by atoms with Crippen molar-refractivity contribution in [2.45, 2.75) is 64.0 Å². The van der Waals surface area contributed by atoms with Gasteiger partial charge in [0.05, 0.1) is 28.0 Å². The number of nitrogens with zero attached hydrogens (tertiary/aromatic N) is 6. The Morgan fingerprint density at radius 1 is 0.980 bits per heavy atom. The van der Waals surface area contributed by atoms with Gasteiger partial charge in [0.25, 0.3) is 5.56 Å². The molecule has 1 aliphatic carbocycles. The normalized spacial score (nSPS) is 18.5. The van der Waals surface area contributed by atoms with Crippen LogP contribution >= 0.6 is 0 Å². The first kappa shape index (κ1) is 36.4. The molecule has 16 heteroatoms. The van der Waals surface area contributed by atoms with Gasteiger partial charge in [0.2, 0.25) is 5.91 Å². The number of ether oxygens (including phenoxy) is 2. The van der Waals surface area contributed by atoms with Gasteiger partial charge in [0, 0.05) is 52.4 Å². The van der Waals surface area contributed by atoms with Gasteiger partial charge in [0.1, 0.15) is 23.3 Å². The van der Waals surface area contributed by atoms with Crippen LogP contribution in [-0.4, -0.2) is 113 Å². The Balaban J connectivity index is 1.23. The number of carbonyl (C=O) groups is 2. The Labute approximate surface area is 292 Å². The van der Waals surface area contributed by atoms with Crippen molar-refractivity contribution >= 4 is 34.3 Å². The van der Waals surface area contributed by atoms with E-state index in [1.807, 2.05) is 27.8 Å². The lowest BCUT2D eigenvalue weighted by Crippen LogP contribution is -2.54. The molecular formula is C35H43F4N7O5. The van der Waals surface area contributed by atoms with E-state index in [1.54, 1.807) is 9.80 Å². The zero-order chi connectivity index (χ0) is 36.7. The number of hydrogen-bond acceptors (Lipinski definition) is 9. The summed E-state index contributed by atoms with van der Waals surface area (Å²) in [5.74, 6) is -1.75. The van der Waals surface area contributed by atoms with Gasteiger partial charge in [-0.05, 0) is 70.5 Å². The van der Waals surface area contributed by atoms with Crippen LogP contribution in [0.25, 0.3) is 16.6 Å². The van der Waals surface area contributed by atoms with E-state index in [9.17, 15) is 27.6 Å². The zero-order valence-corrected chi connectivity index (χ0v) is 29.2. The summed E-state index contributed by atoms with van der Waals surface area (Å²) in [5, 5.41) is 2.59. The highest BCUT2D eigenvalue weighted by Crippen LogP contribution is 2.44. The maximum absolute atomic E-state index is 15.6. The van der Waals surface area contributed by atoms with Crippen LogP contribution in [-0.2, 0) is 9.53 Å². The Bertz CT molecular complexity index is 1850. The molecule has 2 aromatic carbocycles. The molecule has 0 spiro atoms. The lowest BCUT2D eigenvalue weighted by molar-refractivity contribution is -0.274. The van der Waals surface area contributed by atoms with Gasteiger partial charge in [-0.2, -0.15) is 0 Å². The molecular weight excluding hydrogens is 674 g/mol. The van der Waals surface area contributed by atoms with E-state index in [1.165, 1.54) is 24.5 Å². The van der Waals surface area contributed by atoms with Crippen molar-refractivity contribution in [3.8, 4) is 11.4 Å². The summed E-state index contributed by atoms with van der Waals surface area (Å²) in [6.45, 7) is 9.86. The highest BCUT2D eigenvalue weighted by molar-refractivity contribution is 6.01.